The monoisotopic (exact) mass is 356 g/mol. The first-order valence-corrected chi connectivity index (χ1v) is 7.89. The van der Waals surface area contributed by atoms with Crippen molar-refractivity contribution in [3.63, 3.8) is 0 Å². The van der Waals surface area contributed by atoms with E-state index in [0.29, 0.717) is 11.1 Å². The van der Waals surface area contributed by atoms with E-state index < -0.39 is 17.9 Å². The summed E-state index contributed by atoms with van der Waals surface area (Å²) in [6, 6.07) is 10.7. The first-order chi connectivity index (χ1) is 12.3. The maximum atomic E-state index is 12.0. The SMILES string of the molecule is C=C(OOC(=O)c1cc(C)ccc1C)OOC(=O)c1cc(C)ccc1C. The van der Waals surface area contributed by atoms with E-state index >= 15 is 0 Å². The molecule has 0 aliphatic rings. The summed E-state index contributed by atoms with van der Waals surface area (Å²) < 4.78 is 0. The van der Waals surface area contributed by atoms with Crippen LogP contribution in [0.3, 0.4) is 0 Å². The molecule has 0 spiro atoms. The van der Waals surface area contributed by atoms with E-state index in [9.17, 15) is 9.59 Å². The third-order valence-corrected chi connectivity index (χ3v) is 3.65. The summed E-state index contributed by atoms with van der Waals surface area (Å²) in [6.45, 7) is 10.6. The van der Waals surface area contributed by atoms with Crippen molar-refractivity contribution in [3.8, 4) is 0 Å². The number of hydrogen-bond acceptors (Lipinski definition) is 6. The van der Waals surface area contributed by atoms with Crippen LogP contribution >= 0.6 is 0 Å². The van der Waals surface area contributed by atoms with Gasteiger partial charge in [0.15, 0.2) is 0 Å². The second kappa shape index (κ2) is 8.20. The Morgan fingerprint density at radius 2 is 1.08 bits per heavy atom. The molecule has 0 aliphatic heterocycles. The smallest absolute Gasteiger partial charge is 0.243 e. The lowest BCUT2D eigenvalue weighted by molar-refractivity contribution is -0.317. The van der Waals surface area contributed by atoms with E-state index in [1.165, 1.54) is 0 Å². The highest BCUT2D eigenvalue weighted by molar-refractivity contribution is 5.91. The normalized spacial score (nSPS) is 10.0. The molecule has 0 saturated carbocycles. The van der Waals surface area contributed by atoms with Gasteiger partial charge in [-0.1, -0.05) is 35.4 Å². The van der Waals surface area contributed by atoms with E-state index in [-0.39, 0.29) is 0 Å². The Hall–Kier alpha value is -3.28. The van der Waals surface area contributed by atoms with E-state index in [2.05, 4.69) is 26.1 Å². The topological polar surface area (TPSA) is 71.1 Å². The van der Waals surface area contributed by atoms with Crippen LogP contribution in [-0.2, 0) is 19.6 Å². The summed E-state index contributed by atoms with van der Waals surface area (Å²) in [6.07, 6.45) is 0. The fourth-order valence-electron chi connectivity index (χ4n) is 2.18. The van der Waals surface area contributed by atoms with E-state index in [0.717, 1.165) is 22.3 Å². The fourth-order valence-corrected chi connectivity index (χ4v) is 2.18. The Kier molecular flexibility index (Phi) is 6.01. The molecule has 0 bridgehead atoms. The van der Waals surface area contributed by atoms with Crippen LogP contribution in [0.4, 0.5) is 0 Å². The lowest BCUT2D eigenvalue weighted by atomic mass is 10.1. The van der Waals surface area contributed by atoms with Gasteiger partial charge in [0.25, 0.3) is 0 Å². The first kappa shape index (κ1) is 19.1. The number of carbonyl (C=O) groups is 2. The van der Waals surface area contributed by atoms with Crippen LogP contribution in [0.5, 0.6) is 0 Å². The zero-order valence-electron chi connectivity index (χ0n) is 15.1. The predicted molar refractivity (Wildman–Crippen MR) is 94.0 cm³/mol. The van der Waals surface area contributed by atoms with Gasteiger partial charge in [-0.25, -0.2) is 29.1 Å². The van der Waals surface area contributed by atoms with Crippen LogP contribution in [0.1, 0.15) is 43.0 Å². The van der Waals surface area contributed by atoms with Gasteiger partial charge in [-0.05, 0) is 57.5 Å². The summed E-state index contributed by atoms with van der Waals surface area (Å²) in [7, 11) is 0. The molecule has 0 N–H and O–H groups in total. The van der Waals surface area contributed by atoms with Crippen LogP contribution in [-0.4, -0.2) is 11.9 Å². The molecule has 6 heteroatoms. The first-order valence-electron chi connectivity index (χ1n) is 7.89. The molecule has 136 valence electrons. The van der Waals surface area contributed by atoms with Crippen molar-refractivity contribution in [3.05, 3.63) is 82.3 Å². The summed E-state index contributed by atoms with van der Waals surface area (Å²) in [4.78, 5) is 42.6. The molecule has 0 aliphatic carbocycles. The second-order valence-electron chi connectivity index (χ2n) is 5.92. The quantitative estimate of drug-likeness (QED) is 0.437. The van der Waals surface area contributed by atoms with Crippen LogP contribution in [0, 0.1) is 27.7 Å². The van der Waals surface area contributed by atoms with Gasteiger partial charge in [0.05, 0.1) is 11.1 Å². The maximum absolute atomic E-state index is 12.0. The molecule has 0 atom stereocenters. The molecule has 0 amide bonds. The Balaban J connectivity index is 1.87. The Bertz CT molecular complexity index is 784. The van der Waals surface area contributed by atoms with Gasteiger partial charge in [0.1, 0.15) is 0 Å². The number of aryl methyl sites for hydroxylation is 4. The molecule has 0 heterocycles. The molecular formula is C20H20O6. The summed E-state index contributed by atoms with van der Waals surface area (Å²) in [5, 5.41) is 0. The fraction of sp³-hybridized carbons (Fsp3) is 0.200. The highest BCUT2D eigenvalue weighted by Gasteiger charge is 2.16. The number of hydrogen-bond donors (Lipinski definition) is 0. The minimum absolute atomic E-state index is 0.352. The van der Waals surface area contributed by atoms with Crippen molar-refractivity contribution >= 4 is 11.9 Å². The van der Waals surface area contributed by atoms with Crippen molar-refractivity contribution in [2.24, 2.45) is 0 Å². The Labute approximate surface area is 151 Å². The standard InChI is InChI=1S/C20H20O6/c1-12-6-8-14(3)17(10-12)19(21)25-23-16(5)24-26-20(22)18-11-13(2)7-9-15(18)4/h6-11H,5H2,1-4H3. The molecule has 6 nitrogen and oxygen atoms in total. The molecule has 0 radical (unpaired) electrons. The van der Waals surface area contributed by atoms with Gasteiger partial charge in [-0.3, -0.25) is 0 Å². The average molecular weight is 356 g/mol. The summed E-state index contributed by atoms with van der Waals surface area (Å²) >= 11 is 0. The highest BCUT2D eigenvalue weighted by atomic mass is 17.3. The second-order valence-corrected chi connectivity index (χ2v) is 5.92. The number of carbonyl (C=O) groups excluding carboxylic acids is 2. The van der Waals surface area contributed by atoms with Gasteiger partial charge in [0.2, 0.25) is 0 Å². The van der Waals surface area contributed by atoms with Gasteiger partial charge >= 0.3 is 17.9 Å². The third kappa shape index (κ3) is 4.86. The van der Waals surface area contributed by atoms with E-state index in [1.54, 1.807) is 38.1 Å². The molecule has 0 saturated heterocycles. The van der Waals surface area contributed by atoms with Crippen LogP contribution in [0.2, 0.25) is 0 Å². The van der Waals surface area contributed by atoms with Crippen molar-refractivity contribution < 1.29 is 29.1 Å². The van der Waals surface area contributed by atoms with Crippen LogP contribution < -0.4 is 0 Å². The van der Waals surface area contributed by atoms with Gasteiger partial charge in [-0.15, -0.1) is 0 Å². The molecule has 0 fully saturated rings. The molecule has 2 aromatic carbocycles. The van der Waals surface area contributed by atoms with Gasteiger partial charge in [-0.2, -0.15) is 0 Å². The van der Waals surface area contributed by atoms with Crippen LogP contribution in [0.15, 0.2) is 48.9 Å². The zero-order chi connectivity index (χ0) is 19.3. The largest absolute Gasteiger partial charge is 0.386 e. The molecular weight excluding hydrogens is 336 g/mol. The van der Waals surface area contributed by atoms with Crippen molar-refractivity contribution in [1.82, 2.24) is 0 Å². The zero-order valence-corrected chi connectivity index (χ0v) is 15.1. The minimum Gasteiger partial charge on any atom is -0.243 e. The maximum Gasteiger partial charge on any atom is 0.386 e. The van der Waals surface area contributed by atoms with Crippen molar-refractivity contribution in [2.75, 3.05) is 0 Å². The molecule has 2 aromatic rings. The van der Waals surface area contributed by atoms with Crippen molar-refractivity contribution in [2.45, 2.75) is 27.7 Å². The molecule has 26 heavy (non-hydrogen) atoms. The van der Waals surface area contributed by atoms with Crippen molar-refractivity contribution in [1.29, 1.82) is 0 Å². The van der Waals surface area contributed by atoms with Gasteiger partial charge < -0.3 is 0 Å². The minimum atomic E-state index is -0.711. The Morgan fingerprint density at radius 1 is 0.692 bits per heavy atom. The molecule has 0 unspecified atom stereocenters. The van der Waals surface area contributed by atoms with E-state index in [4.69, 9.17) is 0 Å². The lowest BCUT2D eigenvalue weighted by Crippen LogP contribution is -2.12. The summed E-state index contributed by atoms with van der Waals surface area (Å²) in [5.74, 6) is -1.91. The molecule has 2 rings (SSSR count). The van der Waals surface area contributed by atoms with E-state index in [1.807, 2.05) is 26.0 Å². The average Bonchev–Trinajstić information content (AvgIpc) is 2.61. The molecule has 0 aromatic heterocycles. The summed E-state index contributed by atoms with van der Waals surface area (Å²) in [5.41, 5.74) is 3.98. The lowest BCUT2D eigenvalue weighted by Gasteiger charge is -2.09. The number of rotatable bonds is 6. The highest BCUT2D eigenvalue weighted by Crippen LogP contribution is 2.15. The Morgan fingerprint density at radius 3 is 1.46 bits per heavy atom. The third-order valence-electron chi connectivity index (χ3n) is 3.65. The predicted octanol–water partition coefficient (Wildman–Crippen LogP) is 4.27. The van der Waals surface area contributed by atoms with Crippen LogP contribution in [0.25, 0.3) is 0 Å². The number of benzene rings is 2. The van der Waals surface area contributed by atoms with Gasteiger partial charge in [0, 0.05) is 0 Å².